The van der Waals surface area contributed by atoms with Crippen molar-refractivity contribution in [2.75, 3.05) is 40.9 Å². The van der Waals surface area contributed by atoms with Crippen molar-refractivity contribution in [2.24, 2.45) is 0 Å². The standard InChI is InChI=1S/C77H139N2O6P/c1-6-8-10-12-14-16-18-20-22-24-26-28-30-32-34-36-37-38-39-40-41-43-45-47-49-51-53-55-57-59-61-63-65-67-69-71-77(81)78-75(74-85-86(82,83)84-73-72-79(3,4)5)76(80)70-68-66-64-62-60-58-56-54-52-50-48-46-44-42-35-33-31-29-27-25-23-21-19-17-15-13-11-9-7-2/h8,10,14,16,20,22,26,28,32,34,37-38,52,54,60,62,68,70,75-76,80H,6-7,9,11-13,15,17-19,21,23-25,27,29-31,33,35-36,39-51,53,55-59,61,63-67,69,71-74H2,1-5H3,(H-,78,81,82,83)/p+1/b10-8-,16-14-,22-20-,28-26-,34-32-,38-37-,54-52+,62-60+,70-68+. The minimum absolute atomic E-state index is 0.0503. The van der Waals surface area contributed by atoms with Crippen LogP contribution in [0.3, 0.4) is 0 Å². The second-order valence-electron chi connectivity index (χ2n) is 25.6. The summed E-state index contributed by atoms with van der Waals surface area (Å²) < 4.78 is 23.8. The molecule has 1 amide bonds. The van der Waals surface area contributed by atoms with Crippen molar-refractivity contribution in [3.63, 3.8) is 0 Å². The summed E-state index contributed by atoms with van der Waals surface area (Å²) in [5.41, 5.74) is 0. The van der Waals surface area contributed by atoms with Crippen LogP contribution in [0.2, 0.25) is 0 Å². The molecule has 0 aliphatic heterocycles. The Labute approximate surface area is 533 Å². The van der Waals surface area contributed by atoms with Gasteiger partial charge in [0.1, 0.15) is 13.2 Å². The quantitative estimate of drug-likeness (QED) is 0.0243. The number of quaternary nitrogens is 1. The van der Waals surface area contributed by atoms with Crippen molar-refractivity contribution in [3.8, 4) is 0 Å². The van der Waals surface area contributed by atoms with Crippen molar-refractivity contribution in [3.05, 3.63) is 109 Å². The number of phosphoric acid groups is 1. The normalized spacial score (nSPS) is 14.3. The van der Waals surface area contributed by atoms with Crippen molar-refractivity contribution in [1.82, 2.24) is 5.32 Å². The lowest BCUT2D eigenvalue weighted by molar-refractivity contribution is -0.870. The van der Waals surface area contributed by atoms with Gasteiger partial charge in [-0.2, -0.15) is 0 Å². The van der Waals surface area contributed by atoms with Gasteiger partial charge in [0.25, 0.3) is 0 Å². The number of phosphoric ester groups is 1. The molecule has 0 spiro atoms. The van der Waals surface area contributed by atoms with Crippen LogP contribution in [0.4, 0.5) is 0 Å². The summed E-state index contributed by atoms with van der Waals surface area (Å²) in [6.45, 7) is 4.70. The van der Waals surface area contributed by atoms with Crippen molar-refractivity contribution in [2.45, 2.75) is 334 Å². The number of allylic oxidation sites excluding steroid dienone is 17. The lowest BCUT2D eigenvalue weighted by Gasteiger charge is -2.25. The first-order valence-electron chi connectivity index (χ1n) is 36.3. The molecule has 0 aliphatic rings. The number of carbonyl (C=O) groups is 1. The molecule has 498 valence electrons. The van der Waals surface area contributed by atoms with Crippen molar-refractivity contribution in [1.29, 1.82) is 0 Å². The highest BCUT2D eigenvalue weighted by molar-refractivity contribution is 7.47. The van der Waals surface area contributed by atoms with E-state index in [1.807, 2.05) is 27.2 Å². The first-order chi connectivity index (χ1) is 42.0. The Balaban J connectivity index is 4.11. The molecule has 0 rings (SSSR count). The molecule has 86 heavy (non-hydrogen) atoms. The Morgan fingerprint density at radius 2 is 0.709 bits per heavy atom. The number of hydrogen-bond acceptors (Lipinski definition) is 5. The number of amides is 1. The number of aliphatic hydroxyl groups is 1. The van der Waals surface area contributed by atoms with Gasteiger partial charge in [-0.1, -0.05) is 329 Å². The molecule has 8 nitrogen and oxygen atoms in total. The zero-order valence-electron chi connectivity index (χ0n) is 57.0. The third-order valence-corrected chi connectivity index (χ3v) is 16.9. The fourth-order valence-electron chi connectivity index (χ4n) is 10.4. The van der Waals surface area contributed by atoms with E-state index >= 15 is 0 Å². The third kappa shape index (κ3) is 68.6. The molecular formula is C77H140N2O6P+. The van der Waals surface area contributed by atoms with Gasteiger partial charge in [0, 0.05) is 6.42 Å². The van der Waals surface area contributed by atoms with Gasteiger partial charge in [-0.05, 0) is 96.3 Å². The number of nitrogens with zero attached hydrogens (tertiary/aromatic N) is 1. The molecule has 0 saturated heterocycles. The fourth-order valence-corrected chi connectivity index (χ4v) is 11.1. The van der Waals surface area contributed by atoms with E-state index in [2.05, 4.69) is 116 Å². The van der Waals surface area contributed by atoms with E-state index in [9.17, 15) is 19.4 Å². The minimum atomic E-state index is -4.37. The third-order valence-electron chi connectivity index (χ3n) is 16.0. The van der Waals surface area contributed by atoms with E-state index in [1.54, 1.807) is 6.08 Å². The Morgan fingerprint density at radius 3 is 1.07 bits per heavy atom. The first-order valence-corrected chi connectivity index (χ1v) is 37.8. The van der Waals surface area contributed by atoms with Crippen LogP contribution in [0.25, 0.3) is 0 Å². The molecule has 3 unspecified atom stereocenters. The van der Waals surface area contributed by atoms with Crippen LogP contribution < -0.4 is 5.32 Å². The molecule has 0 fully saturated rings. The van der Waals surface area contributed by atoms with E-state index in [0.717, 1.165) is 83.5 Å². The number of aliphatic hydroxyl groups excluding tert-OH is 1. The van der Waals surface area contributed by atoms with Gasteiger partial charge in [-0.3, -0.25) is 13.8 Å². The molecule has 0 aliphatic carbocycles. The van der Waals surface area contributed by atoms with Crippen LogP contribution in [0, 0.1) is 0 Å². The van der Waals surface area contributed by atoms with Crippen LogP contribution in [0.5, 0.6) is 0 Å². The number of unbranched alkanes of at least 4 members (excludes halogenated alkanes) is 37. The molecular weight excluding hydrogens is 1080 g/mol. The van der Waals surface area contributed by atoms with Crippen molar-refractivity contribution < 1.29 is 32.9 Å². The molecule has 0 heterocycles. The monoisotopic (exact) mass is 1220 g/mol. The second-order valence-corrected chi connectivity index (χ2v) is 27.0. The van der Waals surface area contributed by atoms with E-state index in [-0.39, 0.29) is 19.1 Å². The molecule has 9 heteroatoms. The SMILES string of the molecule is CC/C=C\C/C=C\C/C=C\C/C=C\C/C=C\C/C=C\CCCCCCCCCCCCCCCCCCC(=O)NC(COP(=O)(O)OCC[N+](C)(C)C)C(O)/C=C/CC/C=C/CC/C=C/CCCCCCCCCCCCCCCCCCCCC. The lowest BCUT2D eigenvalue weighted by atomic mass is 10.0. The zero-order chi connectivity index (χ0) is 62.6. The van der Waals surface area contributed by atoms with Crippen LogP contribution >= 0.6 is 7.82 Å². The molecule has 0 aromatic rings. The number of nitrogens with one attached hydrogen (secondary N) is 1. The molecule has 0 aromatic heterocycles. The van der Waals surface area contributed by atoms with Gasteiger partial charge in [0.15, 0.2) is 0 Å². The molecule has 0 radical (unpaired) electrons. The van der Waals surface area contributed by atoms with Gasteiger partial charge in [-0.15, -0.1) is 0 Å². The summed E-state index contributed by atoms with van der Waals surface area (Å²) in [6, 6.07) is -0.877. The fraction of sp³-hybridized carbons (Fsp3) is 0.753. The number of hydrogen-bond donors (Lipinski definition) is 3. The zero-order valence-corrected chi connectivity index (χ0v) is 57.9. The van der Waals surface area contributed by atoms with E-state index in [4.69, 9.17) is 9.05 Å². The van der Waals surface area contributed by atoms with Gasteiger partial charge in [0.05, 0.1) is 39.9 Å². The van der Waals surface area contributed by atoms with Crippen LogP contribution in [-0.2, 0) is 18.4 Å². The smallest absolute Gasteiger partial charge is 0.387 e. The highest BCUT2D eigenvalue weighted by Gasteiger charge is 2.28. The highest BCUT2D eigenvalue weighted by Crippen LogP contribution is 2.43. The Morgan fingerprint density at radius 1 is 0.407 bits per heavy atom. The van der Waals surface area contributed by atoms with Crippen molar-refractivity contribution >= 4 is 13.7 Å². The average molecular weight is 1220 g/mol. The maximum Gasteiger partial charge on any atom is 0.472 e. The molecule has 0 aromatic carbocycles. The molecule has 0 bridgehead atoms. The maximum atomic E-state index is 13.1. The molecule has 0 saturated carbocycles. The van der Waals surface area contributed by atoms with E-state index < -0.39 is 20.0 Å². The molecule has 3 N–H and O–H groups in total. The summed E-state index contributed by atoms with van der Waals surface area (Å²) in [4.78, 5) is 23.4. The topological polar surface area (TPSA) is 105 Å². The van der Waals surface area contributed by atoms with E-state index in [0.29, 0.717) is 17.4 Å². The first kappa shape index (κ1) is 83.2. The van der Waals surface area contributed by atoms with Gasteiger partial charge in [-0.25, -0.2) is 4.57 Å². The lowest BCUT2D eigenvalue weighted by Crippen LogP contribution is -2.45. The van der Waals surface area contributed by atoms with Gasteiger partial charge >= 0.3 is 7.82 Å². The maximum absolute atomic E-state index is 13.1. The Hall–Kier alpha value is -2.84. The predicted molar refractivity (Wildman–Crippen MR) is 378 cm³/mol. The Kier molecular flexibility index (Phi) is 64.4. The minimum Gasteiger partial charge on any atom is -0.387 e. The van der Waals surface area contributed by atoms with Crippen LogP contribution in [0.15, 0.2) is 109 Å². The van der Waals surface area contributed by atoms with Crippen LogP contribution in [-0.4, -0.2) is 73.4 Å². The number of carbonyl (C=O) groups excluding carboxylic acids is 1. The Bertz CT molecular complexity index is 1770. The summed E-state index contributed by atoms with van der Waals surface area (Å²) in [7, 11) is 1.55. The largest absolute Gasteiger partial charge is 0.472 e. The van der Waals surface area contributed by atoms with Gasteiger partial charge in [0.2, 0.25) is 5.91 Å². The summed E-state index contributed by atoms with van der Waals surface area (Å²) in [5, 5.41) is 14.0. The molecule has 3 atom stereocenters. The summed E-state index contributed by atoms with van der Waals surface area (Å²) in [5.74, 6) is -0.191. The predicted octanol–water partition coefficient (Wildman–Crippen LogP) is 23.4. The van der Waals surface area contributed by atoms with E-state index in [1.165, 1.54) is 218 Å². The number of rotatable bonds is 66. The highest BCUT2D eigenvalue weighted by atomic mass is 31.2. The number of likely N-dealkylation sites (N-methyl/N-ethyl adjacent to an activating group) is 1. The average Bonchev–Trinajstić information content (AvgIpc) is 3.70. The second kappa shape index (κ2) is 66.6. The summed E-state index contributed by atoms with van der Waals surface area (Å²) >= 11 is 0. The van der Waals surface area contributed by atoms with Crippen LogP contribution in [0.1, 0.15) is 322 Å². The summed E-state index contributed by atoms with van der Waals surface area (Å²) in [6.07, 6.45) is 98.2. The van der Waals surface area contributed by atoms with Gasteiger partial charge < -0.3 is 19.8 Å².